The lowest BCUT2D eigenvalue weighted by molar-refractivity contribution is -0.127. The van der Waals surface area contributed by atoms with Crippen LogP contribution in [0, 0.1) is 5.41 Å². The normalized spacial score (nSPS) is 25.4. The van der Waals surface area contributed by atoms with E-state index < -0.39 is 0 Å². The molecule has 2 rings (SSSR count). The Morgan fingerprint density at radius 1 is 1.50 bits per heavy atom. The summed E-state index contributed by atoms with van der Waals surface area (Å²) < 4.78 is 4.97. The van der Waals surface area contributed by atoms with Gasteiger partial charge in [0.25, 0.3) is 0 Å². The minimum absolute atomic E-state index is 0.0102. The number of hydrogen-bond acceptors (Lipinski definition) is 3. The fourth-order valence-corrected chi connectivity index (χ4v) is 2.96. The van der Waals surface area contributed by atoms with E-state index in [1.807, 2.05) is 0 Å². The highest BCUT2D eigenvalue weighted by molar-refractivity contribution is 5.87. The first-order valence-corrected chi connectivity index (χ1v) is 7.23. The van der Waals surface area contributed by atoms with Crippen LogP contribution in [0.15, 0.2) is 0 Å². The van der Waals surface area contributed by atoms with Crippen molar-refractivity contribution in [1.82, 2.24) is 15.1 Å². The Labute approximate surface area is 120 Å². The van der Waals surface area contributed by atoms with Gasteiger partial charge in [-0.3, -0.25) is 9.69 Å². The Morgan fingerprint density at radius 2 is 2.25 bits per heavy atom. The molecule has 0 aromatic heterocycles. The molecule has 1 atom stereocenters. The summed E-state index contributed by atoms with van der Waals surface area (Å²) in [5.74, 6) is -0.0102. The standard InChI is InChI=1S/C14H25N3O3/c1-14(2)5-4-11(8-14)15-13(19)17-9-12(18)16(10-17)6-7-20-3/h11H,4-10H2,1-3H3,(H,15,19). The molecule has 6 nitrogen and oxygen atoms in total. The highest BCUT2D eigenvalue weighted by Gasteiger charge is 2.35. The van der Waals surface area contributed by atoms with E-state index in [0.717, 1.165) is 19.3 Å². The molecule has 0 bridgehead atoms. The van der Waals surface area contributed by atoms with E-state index in [4.69, 9.17) is 4.74 Å². The lowest BCUT2D eigenvalue weighted by Gasteiger charge is -2.22. The summed E-state index contributed by atoms with van der Waals surface area (Å²) in [5.41, 5.74) is 0.309. The van der Waals surface area contributed by atoms with E-state index in [-0.39, 0.29) is 24.5 Å². The Hall–Kier alpha value is -1.30. The average molecular weight is 283 g/mol. The quantitative estimate of drug-likeness (QED) is 0.838. The second kappa shape index (κ2) is 5.99. The zero-order valence-electron chi connectivity index (χ0n) is 12.6. The van der Waals surface area contributed by atoms with Crippen LogP contribution in [0.5, 0.6) is 0 Å². The van der Waals surface area contributed by atoms with Crippen LogP contribution in [0.2, 0.25) is 0 Å². The fourth-order valence-electron chi connectivity index (χ4n) is 2.96. The number of hydrogen-bond donors (Lipinski definition) is 1. The summed E-state index contributed by atoms with van der Waals surface area (Å²) in [6, 6.07) is 0.113. The number of amides is 3. The van der Waals surface area contributed by atoms with Crippen molar-refractivity contribution in [1.29, 1.82) is 0 Å². The van der Waals surface area contributed by atoms with Crippen molar-refractivity contribution in [3.63, 3.8) is 0 Å². The van der Waals surface area contributed by atoms with Gasteiger partial charge in [0, 0.05) is 19.7 Å². The number of ether oxygens (including phenoxy) is 1. The third kappa shape index (κ3) is 3.62. The molecule has 1 saturated carbocycles. The Bertz CT molecular complexity index is 384. The van der Waals surface area contributed by atoms with Crippen LogP contribution in [0.25, 0.3) is 0 Å². The molecule has 114 valence electrons. The topological polar surface area (TPSA) is 61.9 Å². The largest absolute Gasteiger partial charge is 0.383 e. The third-order valence-electron chi connectivity index (χ3n) is 4.17. The summed E-state index contributed by atoms with van der Waals surface area (Å²) in [4.78, 5) is 27.2. The number of carbonyl (C=O) groups excluding carboxylic acids is 2. The van der Waals surface area contributed by atoms with Gasteiger partial charge in [0.2, 0.25) is 5.91 Å². The zero-order chi connectivity index (χ0) is 14.8. The van der Waals surface area contributed by atoms with E-state index >= 15 is 0 Å². The summed E-state index contributed by atoms with van der Waals surface area (Å²) in [5, 5.41) is 3.05. The SMILES string of the molecule is COCCN1CN(C(=O)NC2CCC(C)(C)C2)CC1=O. The van der Waals surface area contributed by atoms with Gasteiger partial charge in [-0.15, -0.1) is 0 Å². The molecule has 1 saturated heterocycles. The smallest absolute Gasteiger partial charge is 0.319 e. The number of methoxy groups -OCH3 is 1. The Kier molecular flexibility index (Phi) is 4.52. The van der Waals surface area contributed by atoms with Crippen LogP contribution >= 0.6 is 0 Å². The van der Waals surface area contributed by atoms with Crippen LogP contribution in [-0.2, 0) is 9.53 Å². The lowest BCUT2D eigenvalue weighted by Crippen LogP contribution is -2.44. The molecule has 1 N–H and O–H groups in total. The van der Waals surface area contributed by atoms with Gasteiger partial charge in [-0.25, -0.2) is 4.79 Å². The summed E-state index contributed by atoms with van der Waals surface area (Å²) >= 11 is 0. The highest BCUT2D eigenvalue weighted by atomic mass is 16.5. The third-order valence-corrected chi connectivity index (χ3v) is 4.17. The van der Waals surface area contributed by atoms with Crippen LogP contribution in [-0.4, -0.2) is 61.3 Å². The fraction of sp³-hybridized carbons (Fsp3) is 0.857. The van der Waals surface area contributed by atoms with Crippen molar-refractivity contribution in [2.45, 2.75) is 39.2 Å². The minimum atomic E-state index is -0.124. The van der Waals surface area contributed by atoms with Crippen molar-refractivity contribution in [2.75, 3.05) is 33.5 Å². The molecule has 1 heterocycles. The van der Waals surface area contributed by atoms with Crippen LogP contribution in [0.1, 0.15) is 33.1 Å². The van der Waals surface area contributed by atoms with E-state index in [1.54, 1.807) is 16.9 Å². The van der Waals surface area contributed by atoms with Crippen LogP contribution < -0.4 is 5.32 Å². The van der Waals surface area contributed by atoms with Gasteiger partial charge >= 0.3 is 6.03 Å². The molecule has 0 aromatic rings. The number of nitrogens with one attached hydrogen (secondary N) is 1. The van der Waals surface area contributed by atoms with Crippen molar-refractivity contribution >= 4 is 11.9 Å². The maximum absolute atomic E-state index is 12.2. The first kappa shape index (κ1) is 15.1. The molecule has 0 spiro atoms. The van der Waals surface area contributed by atoms with Crippen molar-refractivity contribution in [2.24, 2.45) is 5.41 Å². The molecular weight excluding hydrogens is 258 g/mol. The average Bonchev–Trinajstić information content (AvgIpc) is 2.90. The predicted molar refractivity (Wildman–Crippen MR) is 75.1 cm³/mol. The molecule has 0 radical (unpaired) electrons. The van der Waals surface area contributed by atoms with E-state index in [1.165, 1.54) is 0 Å². The second-order valence-electron chi connectivity index (χ2n) is 6.54. The first-order chi connectivity index (χ1) is 9.41. The molecule has 1 aliphatic heterocycles. The van der Waals surface area contributed by atoms with Crippen molar-refractivity contribution < 1.29 is 14.3 Å². The minimum Gasteiger partial charge on any atom is -0.383 e. The molecule has 20 heavy (non-hydrogen) atoms. The van der Waals surface area contributed by atoms with E-state index in [0.29, 0.717) is 25.2 Å². The number of urea groups is 1. The molecule has 1 aliphatic carbocycles. The van der Waals surface area contributed by atoms with Gasteiger partial charge in [-0.1, -0.05) is 13.8 Å². The van der Waals surface area contributed by atoms with Crippen molar-refractivity contribution in [3.8, 4) is 0 Å². The monoisotopic (exact) mass is 283 g/mol. The second-order valence-corrected chi connectivity index (χ2v) is 6.54. The molecule has 0 aromatic carbocycles. The zero-order valence-corrected chi connectivity index (χ0v) is 12.6. The summed E-state index contributed by atoms with van der Waals surface area (Å²) in [7, 11) is 1.60. The molecule has 6 heteroatoms. The number of carbonyl (C=O) groups is 2. The molecule has 1 unspecified atom stereocenters. The van der Waals surface area contributed by atoms with Crippen LogP contribution in [0.4, 0.5) is 4.79 Å². The van der Waals surface area contributed by atoms with Gasteiger partial charge < -0.3 is 15.0 Å². The predicted octanol–water partition coefficient (Wildman–Crippen LogP) is 1.02. The van der Waals surface area contributed by atoms with Gasteiger partial charge in [-0.05, 0) is 24.7 Å². The molecule has 3 amide bonds. The molecule has 2 fully saturated rings. The maximum atomic E-state index is 12.2. The van der Waals surface area contributed by atoms with Gasteiger partial charge in [0.15, 0.2) is 0 Å². The van der Waals surface area contributed by atoms with Gasteiger partial charge in [0.1, 0.15) is 6.54 Å². The number of rotatable bonds is 4. The first-order valence-electron chi connectivity index (χ1n) is 7.23. The summed E-state index contributed by atoms with van der Waals surface area (Å²) in [6.07, 6.45) is 3.17. The van der Waals surface area contributed by atoms with Crippen molar-refractivity contribution in [3.05, 3.63) is 0 Å². The van der Waals surface area contributed by atoms with Gasteiger partial charge in [-0.2, -0.15) is 0 Å². The van der Waals surface area contributed by atoms with E-state index in [9.17, 15) is 9.59 Å². The van der Waals surface area contributed by atoms with E-state index in [2.05, 4.69) is 19.2 Å². The highest BCUT2D eigenvalue weighted by Crippen LogP contribution is 2.36. The van der Waals surface area contributed by atoms with Gasteiger partial charge in [0.05, 0.1) is 13.3 Å². The van der Waals surface area contributed by atoms with Crippen LogP contribution in [0.3, 0.4) is 0 Å². The number of nitrogens with zero attached hydrogens (tertiary/aromatic N) is 2. The molecular formula is C14H25N3O3. The summed E-state index contributed by atoms with van der Waals surface area (Å²) in [6.45, 7) is 6.03. The maximum Gasteiger partial charge on any atom is 0.319 e. The molecule has 2 aliphatic rings. The Morgan fingerprint density at radius 3 is 2.85 bits per heavy atom. The lowest BCUT2D eigenvalue weighted by atomic mass is 9.92. The Balaban J connectivity index is 1.81.